The van der Waals surface area contributed by atoms with Gasteiger partial charge in [0.2, 0.25) is 5.91 Å². The molecule has 0 heterocycles. The van der Waals surface area contributed by atoms with E-state index in [1.54, 1.807) is 0 Å². The third kappa shape index (κ3) is 2.72. The van der Waals surface area contributed by atoms with E-state index in [1.165, 1.54) is 5.56 Å². The first-order valence-electron chi connectivity index (χ1n) is 6.54. The smallest absolute Gasteiger partial charge is 0.224 e. The number of nitrogens with one attached hydrogen (secondary N) is 1. The summed E-state index contributed by atoms with van der Waals surface area (Å²) in [6.45, 7) is 5.85. The molecular formula is C15H22N2O. The maximum Gasteiger partial charge on any atom is 0.224 e. The van der Waals surface area contributed by atoms with Gasteiger partial charge in [-0.3, -0.25) is 4.79 Å². The van der Waals surface area contributed by atoms with Crippen molar-refractivity contribution in [2.24, 2.45) is 11.7 Å². The standard InChI is InChI=1S/C15H22N2O/c1-10(16)15(2,3)17-14(18)13-9-12(13)11-7-5-4-6-8-11/h4-8,10,12-13H,9,16H2,1-3H3,(H,17,18). The lowest BCUT2D eigenvalue weighted by atomic mass is 9.96. The van der Waals surface area contributed by atoms with E-state index < -0.39 is 0 Å². The predicted molar refractivity (Wildman–Crippen MR) is 73.2 cm³/mol. The SMILES string of the molecule is CC(N)C(C)(C)NC(=O)C1CC1c1ccccc1. The predicted octanol–water partition coefficient (Wildman–Crippen LogP) is 2.03. The Morgan fingerprint density at radius 1 is 1.39 bits per heavy atom. The average molecular weight is 246 g/mol. The van der Waals surface area contributed by atoms with Gasteiger partial charge in [0.05, 0.1) is 0 Å². The van der Waals surface area contributed by atoms with Crippen molar-refractivity contribution in [2.75, 3.05) is 0 Å². The summed E-state index contributed by atoms with van der Waals surface area (Å²) in [6, 6.07) is 10.2. The summed E-state index contributed by atoms with van der Waals surface area (Å²) < 4.78 is 0. The van der Waals surface area contributed by atoms with Crippen molar-refractivity contribution >= 4 is 5.91 Å². The van der Waals surface area contributed by atoms with E-state index in [0.29, 0.717) is 5.92 Å². The van der Waals surface area contributed by atoms with Gasteiger partial charge in [0, 0.05) is 17.5 Å². The Labute approximate surface area is 109 Å². The van der Waals surface area contributed by atoms with E-state index in [4.69, 9.17) is 5.73 Å². The van der Waals surface area contributed by atoms with Crippen molar-refractivity contribution < 1.29 is 4.79 Å². The number of hydrogen-bond acceptors (Lipinski definition) is 2. The van der Waals surface area contributed by atoms with E-state index in [-0.39, 0.29) is 23.4 Å². The number of carbonyl (C=O) groups excluding carboxylic acids is 1. The zero-order valence-corrected chi connectivity index (χ0v) is 11.3. The first-order valence-corrected chi connectivity index (χ1v) is 6.54. The van der Waals surface area contributed by atoms with Crippen molar-refractivity contribution in [1.29, 1.82) is 0 Å². The highest BCUT2D eigenvalue weighted by Crippen LogP contribution is 2.47. The van der Waals surface area contributed by atoms with Gasteiger partial charge in [-0.15, -0.1) is 0 Å². The number of nitrogens with two attached hydrogens (primary N) is 1. The molecular weight excluding hydrogens is 224 g/mol. The monoisotopic (exact) mass is 246 g/mol. The molecule has 3 nitrogen and oxygen atoms in total. The molecule has 1 saturated carbocycles. The molecule has 1 fully saturated rings. The lowest BCUT2D eigenvalue weighted by molar-refractivity contribution is -0.124. The summed E-state index contributed by atoms with van der Waals surface area (Å²) in [6.07, 6.45) is 0.949. The fourth-order valence-electron chi connectivity index (χ4n) is 2.08. The molecule has 1 aliphatic rings. The molecule has 2 rings (SSSR count). The molecule has 3 unspecified atom stereocenters. The van der Waals surface area contributed by atoms with Crippen LogP contribution in [0.3, 0.4) is 0 Å². The van der Waals surface area contributed by atoms with Crippen LogP contribution in [-0.4, -0.2) is 17.5 Å². The Morgan fingerprint density at radius 2 is 2.00 bits per heavy atom. The van der Waals surface area contributed by atoms with Gasteiger partial charge < -0.3 is 11.1 Å². The zero-order chi connectivity index (χ0) is 13.3. The number of hydrogen-bond donors (Lipinski definition) is 2. The lowest BCUT2D eigenvalue weighted by Gasteiger charge is -2.30. The van der Waals surface area contributed by atoms with Gasteiger partial charge in [0.25, 0.3) is 0 Å². The number of rotatable bonds is 4. The highest BCUT2D eigenvalue weighted by atomic mass is 16.2. The quantitative estimate of drug-likeness (QED) is 0.854. The molecule has 0 aliphatic heterocycles. The number of amides is 1. The Balaban J connectivity index is 1.94. The fourth-order valence-corrected chi connectivity index (χ4v) is 2.08. The van der Waals surface area contributed by atoms with Crippen LogP contribution in [0.1, 0.15) is 38.7 Å². The molecule has 0 bridgehead atoms. The van der Waals surface area contributed by atoms with Crippen molar-refractivity contribution in [2.45, 2.75) is 44.7 Å². The van der Waals surface area contributed by atoms with Crippen LogP contribution in [0, 0.1) is 5.92 Å². The minimum Gasteiger partial charge on any atom is -0.349 e. The molecule has 0 radical (unpaired) electrons. The molecule has 98 valence electrons. The van der Waals surface area contributed by atoms with Crippen molar-refractivity contribution in [1.82, 2.24) is 5.32 Å². The minimum absolute atomic E-state index is 0.0598. The van der Waals surface area contributed by atoms with Gasteiger partial charge in [-0.1, -0.05) is 30.3 Å². The second-order valence-corrected chi connectivity index (χ2v) is 5.86. The third-order valence-electron chi connectivity index (χ3n) is 3.94. The minimum atomic E-state index is -0.346. The van der Waals surface area contributed by atoms with Crippen LogP contribution in [0.5, 0.6) is 0 Å². The van der Waals surface area contributed by atoms with E-state index in [2.05, 4.69) is 17.4 Å². The van der Waals surface area contributed by atoms with E-state index in [1.807, 2.05) is 39.0 Å². The summed E-state index contributed by atoms with van der Waals surface area (Å²) >= 11 is 0. The molecule has 3 heteroatoms. The molecule has 0 aromatic heterocycles. The Kier molecular flexibility index (Phi) is 3.44. The second kappa shape index (κ2) is 4.73. The maximum absolute atomic E-state index is 12.1. The van der Waals surface area contributed by atoms with Crippen LogP contribution in [-0.2, 0) is 4.79 Å². The van der Waals surface area contributed by atoms with E-state index >= 15 is 0 Å². The van der Waals surface area contributed by atoms with Crippen molar-refractivity contribution in [3.63, 3.8) is 0 Å². The Bertz CT molecular complexity index is 425. The van der Waals surface area contributed by atoms with E-state index in [0.717, 1.165) is 6.42 Å². The molecule has 1 amide bonds. The largest absolute Gasteiger partial charge is 0.349 e. The summed E-state index contributed by atoms with van der Waals surface area (Å²) in [5, 5.41) is 3.05. The summed E-state index contributed by atoms with van der Waals surface area (Å²) in [7, 11) is 0. The normalized spacial score (nSPS) is 24.4. The topological polar surface area (TPSA) is 55.1 Å². The summed E-state index contributed by atoms with van der Waals surface area (Å²) in [5.41, 5.74) is 6.78. The molecule has 0 spiro atoms. The van der Waals surface area contributed by atoms with Crippen LogP contribution in [0.4, 0.5) is 0 Å². The van der Waals surface area contributed by atoms with Gasteiger partial charge in [-0.25, -0.2) is 0 Å². The first kappa shape index (κ1) is 13.1. The van der Waals surface area contributed by atoms with Gasteiger partial charge in [0.15, 0.2) is 0 Å². The highest BCUT2D eigenvalue weighted by molar-refractivity contribution is 5.83. The van der Waals surface area contributed by atoms with Gasteiger partial charge in [-0.05, 0) is 38.7 Å². The van der Waals surface area contributed by atoms with Gasteiger partial charge in [0.1, 0.15) is 0 Å². The first-order chi connectivity index (χ1) is 8.42. The fraction of sp³-hybridized carbons (Fsp3) is 0.533. The maximum atomic E-state index is 12.1. The third-order valence-corrected chi connectivity index (χ3v) is 3.94. The number of carbonyl (C=O) groups is 1. The van der Waals surface area contributed by atoms with Crippen LogP contribution in [0.25, 0.3) is 0 Å². The Morgan fingerprint density at radius 3 is 2.56 bits per heavy atom. The molecule has 1 aromatic rings. The zero-order valence-electron chi connectivity index (χ0n) is 11.3. The molecule has 1 aliphatic carbocycles. The van der Waals surface area contributed by atoms with Gasteiger partial charge in [-0.2, -0.15) is 0 Å². The average Bonchev–Trinajstić information content (AvgIpc) is 3.09. The molecule has 3 N–H and O–H groups in total. The second-order valence-electron chi connectivity index (χ2n) is 5.86. The lowest BCUT2D eigenvalue weighted by Crippen LogP contribution is -2.55. The van der Waals surface area contributed by atoms with Crippen LogP contribution >= 0.6 is 0 Å². The Hall–Kier alpha value is -1.35. The number of benzene rings is 1. The molecule has 3 atom stereocenters. The summed E-state index contributed by atoms with van der Waals surface area (Å²) in [5.74, 6) is 0.631. The molecule has 18 heavy (non-hydrogen) atoms. The van der Waals surface area contributed by atoms with Crippen LogP contribution in [0.2, 0.25) is 0 Å². The van der Waals surface area contributed by atoms with Crippen LogP contribution in [0.15, 0.2) is 30.3 Å². The summed E-state index contributed by atoms with van der Waals surface area (Å²) in [4.78, 5) is 12.1. The molecule has 0 saturated heterocycles. The molecule has 1 aromatic carbocycles. The van der Waals surface area contributed by atoms with E-state index in [9.17, 15) is 4.79 Å². The van der Waals surface area contributed by atoms with Crippen LogP contribution < -0.4 is 11.1 Å². The van der Waals surface area contributed by atoms with Gasteiger partial charge >= 0.3 is 0 Å². The highest BCUT2D eigenvalue weighted by Gasteiger charge is 2.45. The van der Waals surface area contributed by atoms with Crippen molar-refractivity contribution in [3.8, 4) is 0 Å². The van der Waals surface area contributed by atoms with Crippen molar-refractivity contribution in [3.05, 3.63) is 35.9 Å².